The molecule has 4 nitrogen and oxygen atoms in total. The van der Waals surface area contributed by atoms with Crippen LogP contribution < -0.4 is 39.8 Å². The van der Waals surface area contributed by atoms with Gasteiger partial charge in [-0.05, 0) is 0 Å². The van der Waals surface area contributed by atoms with Crippen LogP contribution in [0.1, 0.15) is 0 Å². The van der Waals surface area contributed by atoms with Gasteiger partial charge >= 0.3 is 23.1 Å². The molecule has 0 atom stereocenters. The SMILES string of the molecule is N=NC=NN.[Br-].[Br-].[Mg+2]. The second kappa shape index (κ2) is 25.0. The average molecular weight is 256 g/mol. The van der Waals surface area contributed by atoms with E-state index in [0.29, 0.717) is 0 Å². The molecule has 0 amide bonds. The molecule has 8 heavy (non-hydrogen) atoms. The van der Waals surface area contributed by atoms with E-state index in [0.717, 1.165) is 6.34 Å². The van der Waals surface area contributed by atoms with Gasteiger partial charge in [0.15, 0.2) is 6.34 Å². The number of halogens is 2. The van der Waals surface area contributed by atoms with Gasteiger partial charge in [-0.15, -0.1) is 5.11 Å². The molecule has 0 bridgehead atoms. The Labute approximate surface area is 84.5 Å². The third kappa shape index (κ3) is 29.2. The van der Waals surface area contributed by atoms with E-state index >= 15 is 0 Å². The van der Waals surface area contributed by atoms with Crippen molar-refractivity contribution in [2.45, 2.75) is 0 Å². The van der Waals surface area contributed by atoms with Crippen molar-refractivity contribution in [1.29, 1.82) is 5.53 Å². The average Bonchev–Trinajstić information content (AvgIpc) is 1.41. The summed E-state index contributed by atoms with van der Waals surface area (Å²) < 4.78 is 0. The topological polar surface area (TPSA) is 74.6 Å². The molecular formula is CH4Br2MgN4. The number of hydrazone groups is 1. The molecule has 0 aromatic carbocycles. The molecular weight excluding hydrogens is 252 g/mol. The second-order valence-corrected chi connectivity index (χ2v) is 0.394. The van der Waals surface area contributed by atoms with E-state index in [9.17, 15) is 0 Å². The van der Waals surface area contributed by atoms with Crippen LogP contribution in [0.15, 0.2) is 10.2 Å². The van der Waals surface area contributed by atoms with Crippen molar-refractivity contribution >= 4 is 29.4 Å². The van der Waals surface area contributed by atoms with Gasteiger partial charge in [-0.3, -0.25) is 0 Å². The number of nitrogens with zero attached hydrogens (tertiary/aromatic N) is 2. The molecule has 0 heterocycles. The molecule has 0 aromatic heterocycles. The summed E-state index contributed by atoms with van der Waals surface area (Å²) in [5, 5.41) is 5.56. The van der Waals surface area contributed by atoms with E-state index in [4.69, 9.17) is 5.53 Å². The van der Waals surface area contributed by atoms with Gasteiger partial charge in [-0.1, -0.05) is 0 Å². The van der Waals surface area contributed by atoms with Crippen molar-refractivity contribution in [3.8, 4) is 0 Å². The molecule has 0 aliphatic carbocycles. The van der Waals surface area contributed by atoms with E-state index in [1.165, 1.54) is 0 Å². The van der Waals surface area contributed by atoms with Crippen LogP contribution in [-0.2, 0) is 0 Å². The minimum atomic E-state index is 0. The maximum absolute atomic E-state index is 6.00. The van der Waals surface area contributed by atoms with Gasteiger partial charge in [-0.25, -0.2) is 5.53 Å². The Morgan fingerprint density at radius 3 is 1.75 bits per heavy atom. The largest absolute Gasteiger partial charge is 2.00 e. The standard InChI is InChI=1S/CH4N4.2BrH.Mg/c2-4-1-5-3;;;/h1-2H,3H2;2*1H;/q;;;+2/p-2. The van der Waals surface area contributed by atoms with Crippen LogP contribution in [0.3, 0.4) is 0 Å². The first kappa shape index (κ1) is 23.2. The summed E-state index contributed by atoms with van der Waals surface area (Å²) in [5.41, 5.74) is 6.00. The fourth-order valence-corrected chi connectivity index (χ4v) is 0.0333. The van der Waals surface area contributed by atoms with E-state index in [-0.39, 0.29) is 57.0 Å². The monoisotopic (exact) mass is 254 g/mol. The van der Waals surface area contributed by atoms with E-state index in [1.54, 1.807) is 0 Å². The molecule has 0 saturated carbocycles. The van der Waals surface area contributed by atoms with Crippen molar-refractivity contribution in [3.63, 3.8) is 0 Å². The van der Waals surface area contributed by atoms with Crippen molar-refractivity contribution in [2.75, 3.05) is 0 Å². The number of nitrogens with two attached hydrogens (primary N) is 1. The third-order valence-corrected chi connectivity index (χ3v) is 0.124. The molecule has 0 rings (SSSR count). The van der Waals surface area contributed by atoms with Gasteiger partial charge in [0.25, 0.3) is 0 Å². The summed E-state index contributed by atoms with van der Waals surface area (Å²) in [6.07, 6.45) is 0.944. The van der Waals surface area contributed by atoms with E-state index in [2.05, 4.69) is 16.1 Å². The molecule has 44 valence electrons. The molecule has 0 aliphatic heterocycles. The van der Waals surface area contributed by atoms with Gasteiger partial charge in [0, 0.05) is 0 Å². The third-order valence-electron chi connectivity index (χ3n) is 0.124. The molecule has 7 heteroatoms. The number of nitrogens with one attached hydrogen (secondary N) is 1. The van der Waals surface area contributed by atoms with Crippen LogP contribution >= 0.6 is 0 Å². The summed E-state index contributed by atoms with van der Waals surface area (Å²) in [6, 6.07) is 0. The minimum absolute atomic E-state index is 0. The predicted octanol–water partition coefficient (Wildman–Crippen LogP) is -6.45. The van der Waals surface area contributed by atoms with Crippen LogP contribution in [0.2, 0.25) is 0 Å². The fourth-order valence-electron chi connectivity index (χ4n) is 0.0333. The Hall–Kier alpha value is 0.796. The van der Waals surface area contributed by atoms with Gasteiger partial charge < -0.3 is 39.8 Å². The molecule has 3 N–H and O–H groups in total. The Kier molecular flexibility index (Phi) is 72.6. The van der Waals surface area contributed by atoms with Crippen molar-refractivity contribution < 1.29 is 34.0 Å². The van der Waals surface area contributed by atoms with Crippen LogP contribution in [0, 0.1) is 5.53 Å². The summed E-state index contributed by atoms with van der Waals surface area (Å²) >= 11 is 0. The smallest absolute Gasteiger partial charge is 1.00 e. The Bertz CT molecular complexity index is 56.0. The first-order chi connectivity index (χ1) is 2.41. The van der Waals surface area contributed by atoms with Gasteiger partial charge in [0.2, 0.25) is 0 Å². The maximum atomic E-state index is 6.00. The van der Waals surface area contributed by atoms with Crippen LogP contribution in [0.25, 0.3) is 0 Å². The van der Waals surface area contributed by atoms with Crippen LogP contribution in [0.5, 0.6) is 0 Å². The number of hydrogen-bond donors (Lipinski definition) is 2. The van der Waals surface area contributed by atoms with Crippen LogP contribution in [-0.4, -0.2) is 29.4 Å². The van der Waals surface area contributed by atoms with Crippen molar-refractivity contribution in [2.24, 2.45) is 16.1 Å². The summed E-state index contributed by atoms with van der Waals surface area (Å²) in [4.78, 5) is 0. The predicted molar refractivity (Wildman–Crippen MR) is 23.6 cm³/mol. The molecule has 0 unspecified atom stereocenters. The quantitative estimate of drug-likeness (QED) is 0.120. The number of hydrogen-bond acceptors (Lipinski definition) is 3. The van der Waals surface area contributed by atoms with Crippen molar-refractivity contribution in [3.05, 3.63) is 0 Å². The summed E-state index contributed by atoms with van der Waals surface area (Å²) in [6.45, 7) is 0. The molecule has 0 aliphatic rings. The second-order valence-electron chi connectivity index (χ2n) is 0.394. The zero-order valence-electron chi connectivity index (χ0n) is 4.01. The zero-order valence-corrected chi connectivity index (χ0v) is 8.60. The first-order valence-electron chi connectivity index (χ1n) is 0.998. The van der Waals surface area contributed by atoms with E-state index < -0.39 is 0 Å². The zero-order chi connectivity index (χ0) is 4.12. The Morgan fingerprint density at radius 1 is 1.38 bits per heavy atom. The van der Waals surface area contributed by atoms with Crippen molar-refractivity contribution in [1.82, 2.24) is 0 Å². The fraction of sp³-hybridized carbons (Fsp3) is 0. The maximum Gasteiger partial charge on any atom is 2.00 e. The van der Waals surface area contributed by atoms with Crippen LogP contribution in [0.4, 0.5) is 0 Å². The normalized spacial score (nSPS) is 5.50. The Balaban J connectivity index is -0.0000000267. The molecule has 0 fully saturated rings. The van der Waals surface area contributed by atoms with Gasteiger partial charge in [-0.2, -0.15) is 5.10 Å². The minimum Gasteiger partial charge on any atom is -1.00 e. The summed E-state index contributed by atoms with van der Waals surface area (Å²) in [5.74, 6) is 4.49. The van der Waals surface area contributed by atoms with Gasteiger partial charge in [0.05, 0.1) is 0 Å². The molecule has 0 saturated heterocycles. The Morgan fingerprint density at radius 2 is 1.75 bits per heavy atom. The molecule has 0 spiro atoms. The molecule has 0 aromatic rings. The summed E-state index contributed by atoms with van der Waals surface area (Å²) in [7, 11) is 0. The number of rotatable bonds is 1. The van der Waals surface area contributed by atoms with Gasteiger partial charge in [0.1, 0.15) is 0 Å². The molecule has 0 radical (unpaired) electrons. The van der Waals surface area contributed by atoms with E-state index in [1.807, 2.05) is 0 Å². The first-order valence-corrected chi connectivity index (χ1v) is 0.998.